The molecule has 0 aromatic heterocycles. The number of carbonyl (C=O) groups excluding carboxylic acids is 1. The van der Waals surface area contributed by atoms with Crippen molar-refractivity contribution < 1.29 is 9.53 Å². The molecule has 1 aliphatic rings. The number of rotatable bonds is 3. The molecule has 4 nitrogen and oxygen atoms in total. The lowest BCUT2D eigenvalue weighted by molar-refractivity contribution is 0.0210. The summed E-state index contributed by atoms with van der Waals surface area (Å²) in [5.41, 5.74) is 2.14. The van der Waals surface area contributed by atoms with Gasteiger partial charge in [-0.2, -0.15) is 0 Å². The van der Waals surface area contributed by atoms with Gasteiger partial charge in [-0.25, -0.2) is 4.79 Å². The molecule has 0 atom stereocenters. The van der Waals surface area contributed by atoms with Crippen molar-refractivity contribution in [1.29, 1.82) is 0 Å². The highest BCUT2D eigenvalue weighted by atomic mass is 16.6. The van der Waals surface area contributed by atoms with E-state index < -0.39 is 5.60 Å². The SMILES string of the molecule is CCc1ccccc1NC1CCN(C(=O)OC(C)(C)C)CC1. The fourth-order valence-electron chi connectivity index (χ4n) is 2.72. The van der Waals surface area contributed by atoms with Crippen LogP contribution in [0.1, 0.15) is 46.1 Å². The van der Waals surface area contributed by atoms with E-state index in [1.165, 1.54) is 11.3 Å². The van der Waals surface area contributed by atoms with E-state index in [2.05, 4.69) is 36.5 Å². The van der Waals surface area contributed by atoms with Gasteiger partial charge >= 0.3 is 6.09 Å². The van der Waals surface area contributed by atoms with Gasteiger partial charge in [-0.05, 0) is 51.7 Å². The number of carbonyl (C=O) groups is 1. The van der Waals surface area contributed by atoms with Crippen molar-refractivity contribution in [1.82, 2.24) is 4.90 Å². The Hall–Kier alpha value is -1.71. The molecule has 1 saturated heterocycles. The molecule has 1 fully saturated rings. The molecule has 122 valence electrons. The number of aryl methyl sites for hydroxylation is 1. The molecule has 4 heteroatoms. The van der Waals surface area contributed by atoms with Gasteiger partial charge in [0.2, 0.25) is 0 Å². The van der Waals surface area contributed by atoms with Crippen molar-refractivity contribution >= 4 is 11.8 Å². The van der Waals surface area contributed by atoms with Crippen LogP contribution in [0.25, 0.3) is 0 Å². The number of anilines is 1. The number of likely N-dealkylation sites (tertiary alicyclic amines) is 1. The highest BCUT2D eigenvalue weighted by Gasteiger charge is 2.26. The number of amides is 1. The molecule has 1 aliphatic heterocycles. The summed E-state index contributed by atoms with van der Waals surface area (Å²) < 4.78 is 5.43. The molecule has 1 N–H and O–H groups in total. The van der Waals surface area contributed by atoms with Gasteiger partial charge in [0.05, 0.1) is 0 Å². The average molecular weight is 304 g/mol. The number of nitrogens with one attached hydrogen (secondary N) is 1. The summed E-state index contributed by atoms with van der Waals surface area (Å²) in [6.45, 7) is 9.38. The standard InChI is InChI=1S/C18H28N2O2/c1-5-14-8-6-7-9-16(14)19-15-10-12-20(13-11-15)17(21)22-18(2,3)4/h6-9,15,19H,5,10-13H2,1-4H3. The second-order valence-electron chi connectivity index (χ2n) is 6.90. The van der Waals surface area contributed by atoms with Gasteiger partial charge < -0.3 is 15.0 Å². The lowest BCUT2D eigenvalue weighted by Crippen LogP contribution is -2.44. The quantitative estimate of drug-likeness (QED) is 0.915. The molecular formula is C18H28N2O2. The maximum Gasteiger partial charge on any atom is 0.410 e. The maximum atomic E-state index is 12.1. The predicted molar refractivity (Wildman–Crippen MR) is 90.3 cm³/mol. The van der Waals surface area contributed by atoms with E-state index >= 15 is 0 Å². The van der Waals surface area contributed by atoms with Gasteiger partial charge in [0, 0.05) is 24.8 Å². The van der Waals surface area contributed by atoms with Crippen LogP contribution in [0.4, 0.5) is 10.5 Å². The number of piperidine rings is 1. The molecule has 0 radical (unpaired) electrons. The molecule has 1 amide bonds. The van der Waals surface area contributed by atoms with Crippen molar-refractivity contribution in [3.05, 3.63) is 29.8 Å². The van der Waals surface area contributed by atoms with Crippen molar-refractivity contribution in [3.8, 4) is 0 Å². The Morgan fingerprint density at radius 1 is 1.27 bits per heavy atom. The molecule has 2 rings (SSSR count). The first-order valence-electron chi connectivity index (χ1n) is 8.21. The van der Waals surface area contributed by atoms with Crippen LogP contribution in [-0.4, -0.2) is 35.7 Å². The van der Waals surface area contributed by atoms with Crippen LogP contribution in [0.5, 0.6) is 0 Å². The molecule has 1 heterocycles. The Balaban J connectivity index is 1.86. The molecule has 0 bridgehead atoms. The van der Waals surface area contributed by atoms with Gasteiger partial charge in [0.1, 0.15) is 5.60 Å². The zero-order valence-electron chi connectivity index (χ0n) is 14.2. The Morgan fingerprint density at radius 3 is 2.50 bits per heavy atom. The van der Waals surface area contributed by atoms with E-state index in [1.54, 1.807) is 0 Å². The summed E-state index contributed by atoms with van der Waals surface area (Å²) in [5.74, 6) is 0. The fraction of sp³-hybridized carbons (Fsp3) is 0.611. The normalized spacial score (nSPS) is 16.5. The fourth-order valence-corrected chi connectivity index (χ4v) is 2.72. The zero-order valence-corrected chi connectivity index (χ0v) is 14.2. The predicted octanol–water partition coefficient (Wildman–Crippen LogP) is 4.06. The monoisotopic (exact) mass is 304 g/mol. The van der Waals surface area contributed by atoms with E-state index in [-0.39, 0.29) is 6.09 Å². The summed E-state index contributed by atoms with van der Waals surface area (Å²) in [4.78, 5) is 13.9. The number of para-hydroxylation sites is 1. The number of hydrogen-bond donors (Lipinski definition) is 1. The molecule has 0 saturated carbocycles. The highest BCUT2D eigenvalue weighted by molar-refractivity contribution is 5.68. The van der Waals surface area contributed by atoms with E-state index in [0.717, 1.165) is 32.4 Å². The first-order chi connectivity index (χ1) is 10.4. The van der Waals surface area contributed by atoms with Gasteiger partial charge in [-0.3, -0.25) is 0 Å². The zero-order chi connectivity index (χ0) is 16.2. The Labute approximate surface area is 133 Å². The maximum absolute atomic E-state index is 12.1. The largest absolute Gasteiger partial charge is 0.444 e. The van der Waals surface area contributed by atoms with Crippen molar-refractivity contribution in [2.45, 2.75) is 58.6 Å². The second-order valence-corrected chi connectivity index (χ2v) is 6.90. The van der Waals surface area contributed by atoms with E-state index in [0.29, 0.717) is 6.04 Å². The van der Waals surface area contributed by atoms with E-state index in [4.69, 9.17) is 4.74 Å². The van der Waals surface area contributed by atoms with Gasteiger partial charge in [-0.1, -0.05) is 25.1 Å². The molecule has 0 unspecified atom stereocenters. The first-order valence-corrected chi connectivity index (χ1v) is 8.21. The smallest absolute Gasteiger partial charge is 0.410 e. The number of nitrogens with zero attached hydrogens (tertiary/aromatic N) is 1. The lowest BCUT2D eigenvalue weighted by Gasteiger charge is -2.34. The van der Waals surface area contributed by atoms with Crippen molar-refractivity contribution in [2.75, 3.05) is 18.4 Å². The van der Waals surface area contributed by atoms with Crippen LogP contribution in [-0.2, 0) is 11.2 Å². The number of benzene rings is 1. The van der Waals surface area contributed by atoms with Crippen LogP contribution in [0, 0.1) is 0 Å². The third-order valence-electron chi connectivity index (χ3n) is 3.90. The number of hydrogen-bond acceptors (Lipinski definition) is 3. The highest BCUT2D eigenvalue weighted by Crippen LogP contribution is 2.21. The third-order valence-corrected chi connectivity index (χ3v) is 3.90. The topological polar surface area (TPSA) is 41.6 Å². The minimum Gasteiger partial charge on any atom is -0.444 e. The molecule has 0 aliphatic carbocycles. The molecule has 0 spiro atoms. The van der Waals surface area contributed by atoms with E-state index in [9.17, 15) is 4.79 Å². The van der Waals surface area contributed by atoms with Crippen molar-refractivity contribution in [2.24, 2.45) is 0 Å². The van der Waals surface area contributed by atoms with Gasteiger partial charge in [0.15, 0.2) is 0 Å². The van der Waals surface area contributed by atoms with Crippen LogP contribution >= 0.6 is 0 Å². The lowest BCUT2D eigenvalue weighted by atomic mass is 10.0. The summed E-state index contributed by atoms with van der Waals surface area (Å²) in [6.07, 6.45) is 2.74. The second kappa shape index (κ2) is 7.03. The summed E-state index contributed by atoms with van der Waals surface area (Å²) in [6, 6.07) is 8.87. The minimum absolute atomic E-state index is 0.195. The average Bonchev–Trinajstić information content (AvgIpc) is 2.47. The summed E-state index contributed by atoms with van der Waals surface area (Å²) in [7, 11) is 0. The Kier molecular flexibility index (Phi) is 5.33. The third kappa shape index (κ3) is 4.65. The van der Waals surface area contributed by atoms with Gasteiger partial charge in [-0.15, -0.1) is 0 Å². The van der Waals surface area contributed by atoms with Crippen LogP contribution in [0.2, 0.25) is 0 Å². The van der Waals surface area contributed by atoms with Crippen molar-refractivity contribution in [3.63, 3.8) is 0 Å². The summed E-state index contributed by atoms with van der Waals surface area (Å²) in [5, 5.41) is 3.63. The van der Waals surface area contributed by atoms with Crippen LogP contribution in [0.3, 0.4) is 0 Å². The number of ether oxygens (including phenoxy) is 1. The molecule has 1 aromatic carbocycles. The molecular weight excluding hydrogens is 276 g/mol. The van der Waals surface area contributed by atoms with Crippen LogP contribution < -0.4 is 5.32 Å². The van der Waals surface area contributed by atoms with Gasteiger partial charge in [0.25, 0.3) is 0 Å². The van der Waals surface area contributed by atoms with E-state index in [1.807, 2.05) is 25.7 Å². The molecule has 1 aromatic rings. The minimum atomic E-state index is -0.424. The first kappa shape index (κ1) is 16.7. The Morgan fingerprint density at radius 2 is 1.91 bits per heavy atom. The summed E-state index contributed by atoms with van der Waals surface area (Å²) >= 11 is 0. The Bertz CT molecular complexity index is 500. The van der Waals surface area contributed by atoms with Crippen LogP contribution in [0.15, 0.2) is 24.3 Å². The molecule has 22 heavy (non-hydrogen) atoms.